The Morgan fingerprint density at radius 2 is 2.00 bits per heavy atom. The van der Waals surface area contributed by atoms with Crippen LogP contribution in [0.3, 0.4) is 0 Å². The molecule has 5 nitrogen and oxygen atoms in total. The molecule has 8 heteroatoms. The van der Waals surface area contributed by atoms with Crippen molar-refractivity contribution in [2.24, 2.45) is 0 Å². The van der Waals surface area contributed by atoms with Crippen molar-refractivity contribution in [3.05, 3.63) is 0 Å². The highest BCUT2D eigenvalue weighted by molar-refractivity contribution is 8.39. The van der Waals surface area contributed by atoms with Crippen molar-refractivity contribution < 1.29 is 23.2 Å². The first-order chi connectivity index (χ1) is 3.42. The fraction of sp³-hybridized carbons (Fsp3) is 0. The van der Waals surface area contributed by atoms with Crippen LogP contribution in [0, 0.1) is 0 Å². The van der Waals surface area contributed by atoms with Crippen LogP contribution < -0.4 is 0 Å². The van der Waals surface area contributed by atoms with Crippen molar-refractivity contribution in [3.8, 4) is 0 Å². The lowest BCUT2D eigenvalue weighted by Crippen LogP contribution is -1.73. The number of hydrogen-bond acceptors (Lipinski definition) is 3. The minimum Gasteiger partial charge on any atom is -0.300 e. The number of thiol groups is 1. The van der Waals surface area contributed by atoms with Crippen LogP contribution in [0.15, 0.2) is 0 Å². The summed E-state index contributed by atoms with van der Waals surface area (Å²) < 4.78 is 22.9. The minimum absolute atomic E-state index is 2.51. The van der Waals surface area contributed by atoms with Gasteiger partial charge in [-0.25, -0.2) is 4.57 Å². The molecule has 0 spiro atoms. The van der Waals surface area contributed by atoms with E-state index in [4.69, 9.17) is 9.79 Å². The average molecular weight is 177 g/mol. The molecule has 0 radical (unpaired) electrons. The predicted molar refractivity (Wildman–Crippen MR) is 29.7 cm³/mol. The molecule has 0 fully saturated rings. The van der Waals surface area contributed by atoms with Gasteiger partial charge < -0.3 is 9.79 Å². The van der Waals surface area contributed by atoms with Crippen LogP contribution >= 0.6 is 27.3 Å². The SMILES string of the molecule is O=[P+](S)OP(=O)(O)O. The Morgan fingerprint density at radius 1 is 1.62 bits per heavy atom. The monoisotopic (exact) mass is 177 g/mol. The Balaban J connectivity index is 3.74. The van der Waals surface area contributed by atoms with Crippen molar-refractivity contribution in [3.63, 3.8) is 0 Å². The third-order valence-corrected chi connectivity index (χ3v) is 2.24. The molecule has 0 saturated heterocycles. The van der Waals surface area contributed by atoms with Crippen molar-refractivity contribution in [2.75, 3.05) is 0 Å². The lowest BCUT2D eigenvalue weighted by Gasteiger charge is -1.86. The van der Waals surface area contributed by atoms with Gasteiger partial charge in [-0.1, -0.05) is 0 Å². The summed E-state index contributed by atoms with van der Waals surface area (Å²) in [5, 5.41) is 0. The van der Waals surface area contributed by atoms with E-state index >= 15 is 0 Å². The molecule has 0 aromatic carbocycles. The maximum absolute atomic E-state index is 9.76. The normalized spacial score (nSPS) is 13.6. The van der Waals surface area contributed by atoms with E-state index in [0.717, 1.165) is 0 Å². The first-order valence-corrected chi connectivity index (χ1v) is 5.19. The van der Waals surface area contributed by atoms with Crippen LogP contribution in [0.2, 0.25) is 0 Å². The maximum Gasteiger partial charge on any atom is 0.593 e. The molecule has 2 N–H and O–H groups in total. The van der Waals surface area contributed by atoms with Gasteiger partial charge in [-0.05, 0) is 8.88 Å². The molecule has 1 unspecified atom stereocenters. The van der Waals surface area contributed by atoms with E-state index in [1.807, 2.05) is 0 Å². The Hall–Kier alpha value is 0.560. The molecule has 0 aliphatic carbocycles. The maximum atomic E-state index is 9.76. The van der Waals surface area contributed by atoms with Crippen molar-refractivity contribution in [1.82, 2.24) is 0 Å². The van der Waals surface area contributed by atoms with Crippen molar-refractivity contribution in [2.45, 2.75) is 0 Å². The fourth-order valence-electron chi connectivity index (χ4n) is 0.0910. The summed E-state index contributed by atoms with van der Waals surface area (Å²) in [6.07, 6.45) is 0. The minimum atomic E-state index is -4.58. The second kappa shape index (κ2) is 2.92. The second-order valence-corrected chi connectivity index (χ2v) is 3.90. The summed E-state index contributed by atoms with van der Waals surface area (Å²) in [6.45, 7) is 0. The first kappa shape index (κ1) is 8.56. The zero-order valence-corrected chi connectivity index (χ0v) is 6.14. The van der Waals surface area contributed by atoms with Gasteiger partial charge in [0.2, 0.25) is 0 Å². The molecule has 0 aliphatic rings. The molecule has 1 atom stereocenters. The molecular formula is H3O5P2S+. The molecule has 0 bridgehead atoms. The van der Waals surface area contributed by atoms with Crippen LogP contribution in [0.5, 0.6) is 0 Å². The average Bonchev–Trinajstić information content (AvgIpc) is 1.21. The number of phosphoric acid groups is 1. The van der Waals surface area contributed by atoms with Crippen LogP contribution in [0.1, 0.15) is 0 Å². The molecule has 0 aliphatic heterocycles. The van der Waals surface area contributed by atoms with Gasteiger partial charge in [0.25, 0.3) is 0 Å². The lowest BCUT2D eigenvalue weighted by atomic mass is 15.7. The molecule has 0 aromatic rings. The summed E-state index contributed by atoms with van der Waals surface area (Å²) in [4.78, 5) is 15.7. The first-order valence-electron chi connectivity index (χ1n) is 1.33. The zero-order chi connectivity index (χ0) is 6.78. The molecule has 0 amide bonds. The molecule has 0 aromatic heterocycles. The summed E-state index contributed by atoms with van der Waals surface area (Å²) in [7, 11) is -7.09. The van der Waals surface area contributed by atoms with E-state index in [2.05, 4.69) is 16.6 Å². The molecule has 48 valence electrons. The van der Waals surface area contributed by atoms with Crippen LogP contribution in [0.25, 0.3) is 0 Å². The highest BCUT2D eigenvalue weighted by Gasteiger charge is 2.27. The summed E-state index contributed by atoms with van der Waals surface area (Å²) >= 11 is 3.09. The fourth-order valence-corrected chi connectivity index (χ4v) is 1.68. The summed E-state index contributed by atoms with van der Waals surface area (Å²) in [5.74, 6) is 0. The molecule has 0 heterocycles. The van der Waals surface area contributed by atoms with Gasteiger partial charge in [0.1, 0.15) is 12.2 Å². The van der Waals surface area contributed by atoms with E-state index < -0.39 is 15.1 Å². The van der Waals surface area contributed by atoms with E-state index in [1.165, 1.54) is 0 Å². The van der Waals surface area contributed by atoms with Gasteiger partial charge in [-0.3, -0.25) is 0 Å². The predicted octanol–water partition coefficient (Wildman–Crippen LogP) is 0.683. The van der Waals surface area contributed by atoms with Gasteiger partial charge in [0, 0.05) is 0 Å². The quantitative estimate of drug-likeness (QED) is 0.426. The van der Waals surface area contributed by atoms with Gasteiger partial charge in [0.05, 0.1) is 0 Å². The smallest absolute Gasteiger partial charge is 0.300 e. The highest BCUT2D eigenvalue weighted by atomic mass is 32.7. The van der Waals surface area contributed by atoms with Gasteiger partial charge in [0.15, 0.2) is 0 Å². The van der Waals surface area contributed by atoms with Crippen molar-refractivity contribution in [1.29, 1.82) is 0 Å². The standard InChI is InChI=1S/H2O5P2S/c1-6(8)5-7(2,3)4/h(H2-,1,2,3,4,8)/p+1. The van der Waals surface area contributed by atoms with E-state index in [9.17, 15) is 9.13 Å². The number of hydrogen-bond donors (Lipinski definition) is 3. The Kier molecular flexibility index (Phi) is 3.12. The number of rotatable bonds is 2. The zero-order valence-electron chi connectivity index (χ0n) is 3.46. The lowest BCUT2D eigenvalue weighted by molar-refractivity contribution is 0.291. The Bertz CT molecular complexity index is 133. The van der Waals surface area contributed by atoms with Crippen LogP contribution in [-0.2, 0) is 13.4 Å². The summed E-state index contributed by atoms with van der Waals surface area (Å²) in [6, 6.07) is 0. The molecular weight excluding hydrogens is 174 g/mol. The Morgan fingerprint density at radius 3 is 2.00 bits per heavy atom. The Labute approximate surface area is 51.3 Å². The van der Waals surface area contributed by atoms with E-state index in [0.29, 0.717) is 0 Å². The van der Waals surface area contributed by atoms with Gasteiger partial charge in [-0.15, -0.1) is 0 Å². The van der Waals surface area contributed by atoms with Crippen LogP contribution in [0.4, 0.5) is 0 Å². The van der Waals surface area contributed by atoms with E-state index in [1.54, 1.807) is 0 Å². The van der Waals surface area contributed by atoms with Crippen molar-refractivity contribution >= 4 is 27.3 Å². The van der Waals surface area contributed by atoms with Crippen LogP contribution in [-0.4, -0.2) is 9.79 Å². The molecule has 0 saturated carbocycles. The molecule has 0 rings (SSSR count). The largest absolute Gasteiger partial charge is 0.593 e. The third-order valence-electron chi connectivity index (χ3n) is 0.176. The van der Waals surface area contributed by atoms with Gasteiger partial charge in [-0.2, -0.15) is 0 Å². The molecule has 8 heavy (non-hydrogen) atoms. The highest BCUT2D eigenvalue weighted by Crippen LogP contribution is 2.48. The summed E-state index contributed by atoms with van der Waals surface area (Å²) in [5.41, 5.74) is 0. The topological polar surface area (TPSA) is 83.8 Å². The third kappa shape index (κ3) is 6.56. The van der Waals surface area contributed by atoms with Gasteiger partial charge >= 0.3 is 15.1 Å². The second-order valence-electron chi connectivity index (χ2n) is 0.810. The van der Waals surface area contributed by atoms with E-state index in [-0.39, 0.29) is 0 Å².